The lowest BCUT2D eigenvalue weighted by atomic mass is 9.92. The molecular formula is C8H18N2. The average Bonchev–Trinajstić information content (AvgIpc) is 1.89. The van der Waals surface area contributed by atoms with Gasteiger partial charge in [-0.15, -0.1) is 0 Å². The highest BCUT2D eigenvalue weighted by Crippen LogP contribution is 2.13. The molecule has 0 unspecified atom stereocenters. The summed E-state index contributed by atoms with van der Waals surface area (Å²) in [5, 5.41) is 6.90. The van der Waals surface area contributed by atoms with Gasteiger partial charge >= 0.3 is 0 Å². The number of nitrogens with one attached hydrogen (secondary N) is 2. The molecule has 0 spiro atoms. The first-order valence-corrected chi connectivity index (χ1v) is 4.22. The Morgan fingerprint density at radius 1 is 1.60 bits per heavy atom. The summed E-state index contributed by atoms with van der Waals surface area (Å²) in [5.74, 6) is 0. The quantitative estimate of drug-likeness (QED) is 0.594. The minimum atomic E-state index is 0.368. The fourth-order valence-corrected chi connectivity index (χ4v) is 1.63. The first-order chi connectivity index (χ1) is 4.77. The molecule has 0 saturated carbocycles. The fraction of sp³-hybridized carbons (Fsp3) is 1.00. The molecule has 1 fully saturated rings. The van der Waals surface area contributed by atoms with Crippen LogP contribution in [-0.2, 0) is 0 Å². The highest BCUT2D eigenvalue weighted by Gasteiger charge is 2.24. The van der Waals surface area contributed by atoms with Gasteiger partial charge in [0.2, 0.25) is 0 Å². The lowest BCUT2D eigenvalue weighted by Gasteiger charge is -2.34. The van der Waals surface area contributed by atoms with Gasteiger partial charge in [0.15, 0.2) is 0 Å². The lowest BCUT2D eigenvalue weighted by molar-refractivity contribution is 0.277. The third-order valence-electron chi connectivity index (χ3n) is 2.20. The molecule has 60 valence electrons. The largest absolute Gasteiger partial charge is 0.315 e. The molecule has 2 N–H and O–H groups in total. The second-order valence-corrected chi connectivity index (χ2v) is 3.37. The first kappa shape index (κ1) is 8.02. The van der Waals surface area contributed by atoms with E-state index in [1.54, 1.807) is 0 Å². The smallest absolute Gasteiger partial charge is 0.0278 e. The SMILES string of the molecule is CCN[C@]1(C)CCCNC1. The number of rotatable bonds is 2. The topological polar surface area (TPSA) is 24.1 Å². The maximum Gasteiger partial charge on any atom is 0.0278 e. The second-order valence-electron chi connectivity index (χ2n) is 3.37. The van der Waals surface area contributed by atoms with Gasteiger partial charge in [0.1, 0.15) is 0 Å². The number of hydrogen-bond donors (Lipinski definition) is 2. The van der Waals surface area contributed by atoms with E-state index in [2.05, 4.69) is 24.5 Å². The molecule has 2 heteroatoms. The highest BCUT2D eigenvalue weighted by molar-refractivity contribution is 4.88. The van der Waals surface area contributed by atoms with E-state index < -0.39 is 0 Å². The van der Waals surface area contributed by atoms with Crippen LogP contribution in [0, 0.1) is 0 Å². The van der Waals surface area contributed by atoms with Gasteiger partial charge in [-0.2, -0.15) is 0 Å². The van der Waals surface area contributed by atoms with Crippen LogP contribution in [0.5, 0.6) is 0 Å². The van der Waals surface area contributed by atoms with E-state index in [1.807, 2.05) is 0 Å². The van der Waals surface area contributed by atoms with Crippen LogP contribution in [0.15, 0.2) is 0 Å². The molecule has 1 rings (SSSR count). The summed E-state index contributed by atoms with van der Waals surface area (Å²) in [4.78, 5) is 0. The molecular weight excluding hydrogens is 124 g/mol. The van der Waals surface area contributed by atoms with Crippen LogP contribution in [0.2, 0.25) is 0 Å². The molecule has 1 saturated heterocycles. The van der Waals surface area contributed by atoms with Crippen molar-refractivity contribution in [2.75, 3.05) is 19.6 Å². The molecule has 1 atom stereocenters. The van der Waals surface area contributed by atoms with Gasteiger partial charge in [-0.3, -0.25) is 0 Å². The molecule has 0 aromatic carbocycles. The van der Waals surface area contributed by atoms with Crippen molar-refractivity contribution in [3.63, 3.8) is 0 Å². The molecule has 0 aliphatic carbocycles. The van der Waals surface area contributed by atoms with Crippen LogP contribution < -0.4 is 10.6 Å². The summed E-state index contributed by atoms with van der Waals surface area (Å²) >= 11 is 0. The zero-order valence-electron chi connectivity index (χ0n) is 7.04. The van der Waals surface area contributed by atoms with Crippen molar-refractivity contribution in [3.8, 4) is 0 Å². The Balaban J connectivity index is 2.32. The normalized spacial score (nSPS) is 34.2. The zero-order valence-corrected chi connectivity index (χ0v) is 7.04. The fourth-order valence-electron chi connectivity index (χ4n) is 1.63. The molecule has 0 bridgehead atoms. The van der Waals surface area contributed by atoms with Crippen molar-refractivity contribution >= 4 is 0 Å². The summed E-state index contributed by atoms with van der Waals surface area (Å²) < 4.78 is 0. The van der Waals surface area contributed by atoms with Crippen molar-refractivity contribution in [1.82, 2.24) is 10.6 Å². The van der Waals surface area contributed by atoms with E-state index in [-0.39, 0.29) is 0 Å². The van der Waals surface area contributed by atoms with Crippen molar-refractivity contribution in [3.05, 3.63) is 0 Å². The Labute approximate surface area is 63.4 Å². The van der Waals surface area contributed by atoms with E-state index in [0.29, 0.717) is 5.54 Å². The minimum Gasteiger partial charge on any atom is -0.315 e. The Morgan fingerprint density at radius 2 is 2.40 bits per heavy atom. The van der Waals surface area contributed by atoms with Crippen molar-refractivity contribution < 1.29 is 0 Å². The van der Waals surface area contributed by atoms with E-state index >= 15 is 0 Å². The molecule has 0 amide bonds. The zero-order chi connectivity index (χ0) is 7.45. The van der Waals surface area contributed by atoms with Gasteiger partial charge in [-0.05, 0) is 32.9 Å². The summed E-state index contributed by atoms with van der Waals surface area (Å²) in [6.07, 6.45) is 2.62. The maximum atomic E-state index is 3.50. The Morgan fingerprint density at radius 3 is 2.90 bits per heavy atom. The Kier molecular flexibility index (Phi) is 2.69. The van der Waals surface area contributed by atoms with Crippen LogP contribution in [0.4, 0.5) is 0 Å². The van der Waals surface area contributed by atoms with Crippen LogP contribution >= 0.6 is 0 Å². The average molecular weight is 142 g/mol. The van der Waals surface area contributed by atoms with E-state index in [4.69, 9.17) is 0 Å². The predicted octanol–water partition coefficient (Wildman–Crippen LogP) is 0.738. The van der Waals surface area contributed by atoms with Gasteiger partial charge < -0.3 is 10.6 Å². The molecule has 2 nitrogen and oxygen atoms in total. The van der Waals surface area contributed by atoms with Crippen LogP contribution in [-0.4, -0.2) is 25.2 Å². The monoisotopic (exact) mass is 142 g/mol. The number of hydrogen-bond acceptors (Lipinski definition) is 2. The van der Waals surface area contributed by atoms with Crippen molar-refractivity contribution in [2.45, 2.75) is 32.2 Å². The van der Waals surface area contributed by atoms with Gasteiger partial charge in [0.05, 0.1) is 0 Å². The molecule has 10 heavy (non-hydrogen) atoms. The van der Waals surface area contributed by atoms with Crippen molar-refractivity contribution in [1.29, 1.82) is 0 Å². The van der Waals surface area contributed by atoms with E-state index in [9.17, 15) is 0 Å². The standard InChI is InChI=1S/C8H18N2/c1-3-10-8(2)5-4-6-9-7-8/h9-10H,3-7H2,1-2H3/t8-/m1/s1. The number of piperidine rings is 1. The molecule has 0 aromatic heterocycles. The van der Waals surface area contributed by atoms with Gasteiger partial charge in [-0.25, -0.2) is 0 Å². The maximum absolute atomic E-state index is 3.50. The van der Waals surface area contributed by atoms with Gasteiger partial charge in [-0.1, -0.05) is 6.92 Å². The van der Waals surface area contributed by atoms with Crippen LogP contribution in [0.3, 0.4) is 0 Å². The Bertz CT molecular complexity index is 89.9. The Hall–Kier alpha value is -0.0800. The molecule has 1 aliphatic rings. The third-order valence-corrected chi connectivity index (χ3v) is 2.20. The van der Waals surface area contributed by atoms with E-state index in [1.165, 1.54) is 19.4 Å². The van der Waals surface area contributed by atoms with E-state index in [0.717, 1.165) is 13.1 Å². The molecule has 0 aromatic rings. The lowest BCUT2D eigenvalue weighted by Crippen LogP contribution is -2.53. The molecule has 1 aliphatic heterocycles. The summed E-state index contributed by atoms with van der Waals surface area (Å²) in [5.41, 5.74) is 0.368. The number of likely N-dealkylation sites (N-methyl/N-ethyl adjacent to an activating group) is 1. The minimum absolute atomic E-state index is 0.368. The first-order valence-electron chi connectivity index (χ1n) is 4.22. The van der Waals surface area contributed by atoms with Crippen LogP contribution in [0.25, 0.3) is 0 Å². The van der Waals surface area contributed by atoms with Crippen LogP contribution in [0.1, 0.15) is 26.7 Å². The van der Waals surface area contributed by atoms with Gasteiger partial charge in [0, 0.05) is 12.1 Å². The predicted molar refractivity (Wildman–Crippen MR) is 44.2 cm³/mol. The highest BCUT2D eigenvalue weighted by atomic mass is 15.0. The summed E-state index contributed by atoms with van der Waals surface area (Å²) in [6, 6.07) is 0. The summed E-state index contributed by atoms with van der Waals surface area (Å²) in [6.45, 7) is 7.86. The molecule has 1 heterocycles. The second kappa shape index (κ2) is 3.35. The van der Waals surface area contributed by atoms with Crippen molar-refractivity contribution in [2.24, 2.45) is 0 Å². The molecule has 0 radical (unpaired) electrons. The van der Waals surface area contributed by atoms with Gasteiger partial charge in [0.25, 0.3) is 0 Å². The third kappa shape index (κ3) is 1.96. The summed E-state index contributed by atoms with van der Waals surface area (Å²) in [7, 11) is 0.